The van der Waals surface area contributed by atoms with Crippen LogP contribution in [-0.2, 0) is 16.1 Å². The van der Waals surface area contributed by atoms with E-state index in [1.54, 1.807) is 12.1 Å². The van der Waals surface area contributed by atoms with E-state index in [9.17, 15) is 19.5 Å². The molecule has 146 valence electrons. The number of benzene rings is 1. The number of likely N-dealkylation sites (tertiary alicyclic amines) is 1. The van der Waals surface area contributed by atoms with E-state index in [2.05, 4.69) is 5.32 Å². The van der Waals surface area contributed by atoms with Crippen LogP contribution in [0.3, 0.4) is 0 Å². The number of carboxylic acid groups (broad SMARTS) is 1. The second kappa shape index (κ2) is 9.02. The van der Waals surface area contributed by atoms with Crippen molar-refractivity contribution in [3.8, 4) is 0 Å². The lowest BCUT2D eigenvalue weighted by molar-refractivity contribution is -0.143. The first-order chi connectivity index (χ1) is 13.0. The monoisotopic (exact) mass is 372 g/mol. The van der Waals surface area contributed by atoms with Crippen LogP contribution in [0.4, 0.5) is 0 Å². The van der Waals surface area contributed by atoms with E-state index >= 15 is 0 Å². The van der Waals surface area contributed by atoms with E-state index in [1.807, 2.05) is 17.0 Å². The van der Waals surface area contributed by atoms with Gasteiger partial charge in [-0.3, -0.25) is 14.4 Å². The van der Waals surface area contributed by atoms with Crippen LogP contribution in [0, 0.1) is 5.92 Å². The number of amides is 2. The molecule has 6 nitrogen and oxygen atoms in total. The fraction of sp³-hybridized carbons (Fsp3) is 0.571. The highest BCUT2D eigenvalue weighted by atomic mass is 16.4. The number of hydrogen-bond donors (Lipinski definition) is 2. The minimum Gasteiger partial charge on any atom is -0.481 e. The molecule has 2 fully saturated rings. The lowest BCUT2D eigenvalue weighted by atomic mass is 9.86. The Morgan fingerprint density at radius 3 is 2.37 bits per heavy atom. The number of rotatable bonds is 5. The average Bonchev–Trinajstić information content (AvgIpc) is 3.02. The topological polar surface area (TPSA) is 86.7 Å². The molecule has 3 rings (SSSR count). The predicted octanol–water partition coefficient (Wildman–Crippen LogP) is 2.96. The standard InChI is InChI=1S/C21H28N2O4/c24-19-8-5-13-23(19)14-15-9-11-16(12-10-15)20(25)22-18-7-4-2-1-3-6-17(18)21(26)27/h9-12,17-18H,1-8,13-14H2,(H,22,25)(H,26,27). The van der Waals surface area contributed by atoms with Crippen molar-refractivity contribution in [2.24, 2.45) is 5.92 Å². The van der Waals surface area contributed by atoms with Crippen LogP contribution in [0.5, 0.6) is 0 Å². The highest BCUT2D eigenvalue weighted by Crippen LogP contribution is 2.24. The first-order valence-corrected chi connectivity index (χ1v) is 9.95. The van der Waals surface area contributed by atoms with E-state index in [0.29, 0.717) is 31.4 Å². The highest BCUT2D eigenvalue weighted by molar-refractivity contribution is 5.94. The van der Waals surface area contributed by atoms with Crippen LogP contribution >= 0.6 is 0 Å². The summed E-state index contributed by atoms with van der Waals surface area (Å²) in [5.41, 5.74) is 1.52. The van der Waals surface area contributed by atoms with Gasteiger partial charge in [-0.2, -0.15) is 0 Å². The average molecular weight is 372 g/mol. The number of carboxylic acids is 1. The van der Waals surface area contributed by atoms with Crippen molar-refractivity contribution < 1.29 is 19.5 Å². The Balaban J connectivity index is 1.62. The maximum Gasteiger partial charge on any atom is 0.308 e. The second-order valence-corrected chi connectivity index (χ2v) is 7.63. The minimum atomic E-state index is -0.826. The van der Waals surface area contributed by atoms with Crippen LogP contribution in [0.15, 0.2) is 24.3 Å². The van der Waals surface area contributed by atoms with Crippen LogP contribution in [0.25, 0.3) is 0 Å². The molecule has 2 atom stereocenters. The highest BCUT2D eigenvalue weighted by Gasteiger charge is 2.30. The van der Waals surface area contributed by atoms with Gasteiger partial charge in [0.15, 0.2) is 0 Å². The number of hydrogen-bond acceptors (Lipinski definition) is 3. The van der Waals surface area contributed by atoms with Gasteiger partial charge in [0, 0.05) is 31.1 Å². The molecule has 27 heavy (non-hydrogen) atoms. The Labute approximate surface area is 159 Å². The first-order valence-electron chi connectivity index (χ1n) is 9.95. The lowest BCUT2D eigenvalue weighted by Gasteiger charge is -2.27. The van der Waals surface area contributed by atoms with Crippen LogP contribution < -0.4 is 5.32 Å². The number of carbonyl (C=O) groups is 3. The number of aliphatic carboxylic acids is 1. The number of nitrogens with zero attached hydrogens (tertiary/aromatic N) is 1. The third-order valence-electron chi connectivity index (χ3n) is 5.66. The van der Waals surface area contributed by atoms with Crippen molar-refractivity contribution in [1.29, 1.82) is 0 Å². The summed E-state index contributed by atoms with van der Waals surface area (Å²) in [4.78, 5) is 37.8. The largest absolute Gasteiger partial charge is 0.481 e. The van der Waals surface area contributed by atoms with Gasteiger partial charge in [-0.1, -0.05) is 37.8 Å². The van der Waals surface area contributed by atoms with Gasteiger partial charge in [-0.15, -0.1) is 0 Å². The summed E-state index contributed by atoms with van der Waals surface area (Å²) in [6, 6.07) is 6.92. The van der Waals surface area contributed by atoms with Crippen molar-refractivity contribution in [1.82, 2.24) is 10.2 Å². The van der Waals surface area contributed by atoms with Crippen molar-refractivity contribution >= 4 is 17.8 Å². The molecule has 0 bridgehead atoms. The van der Waals surface area contributed by atoms with Crippen molar-refractivity contribution in [2.75, 3.05) is 6.54 Å². The summed E-state index contributed by atoms with van der Waals surface area (Å²) in [5, 5.41) is 12.5. The number of nitrogens with one attached hydrogen (secondary N) is 1. The smallest absolute Gasteiger partial charge is 0.308 e. The summed E-state index contributed by atoms with van der Waals surface area (Å²) in [5.74, 6) is -1.39. The molecule has 0 spiro atoms. The molecule has 1 saturated heterocycles. The zero-order valence-corrected chi connectivity index (χ0v) is 15.7. The van der Waals surface area contributed by atoms with E-state index in [4.69, 9.17) is 0 Å². The minimum absolute atomic E-state index is 0.181. The molecule has 1 aliphatic heterocycles. The van der Waals surface area contributed by atoms with Crippen LogP contribution in [0.1, 0.15) is 67.3 Å². The van der Waals surface area contributed by atoms with Crippen molar-refractivity contribution in [3.05, 3.63) is 35.4 Å². The molecule has 1 heterocycles. The molecule has 2 aliphatic rings. The van der Waals surface area contributed by atoms with Gasteiger partial charge in [0.2, 0.25) is 5.91 Å². The maximum absolute atomic E-state index is 12.6. The Morgan fingerprint density at radius 2 is 1.74 bits per heavy atom. The molecule has 1 aromatic carbocycles. The molecule has 1 saturated carbocycles. The Kier molecular flexibility index (Phi) is 6.48. The van der Waals surface area contributed by atoms with Gasteiger partial charge in [0.1, 0.15) is 0 Å². The summed E-state index contributed by atoms with van der Waals surface area (Å²) >= 11 is 0. The number of carbonyl (C=O) groups excluding carboxylic acids is 2. The summed E-state index contributed by atoms with van der Waals surface area (Å²) in [6.45, 7) is 1.36. The van der Waals surface area contributed by atoms with Crippen molar-refractivity contribution in [3.63, 3.8) is 0 Å². The summed E-state index contributed by atoms with van der Waals surface area (Å²) in [7, 11) is 0. The third kappa shape index (κ3) is 5.08. The van der Waals surface area contributed by atoms with Gasteiger partial charge in [-0.05, 0) is 37.0 Å². The van der Waals surface area contributed by atoms with Gasteiger partial charge in [-0.25, -0.2) is 0 Å². The molecule has 2 N–H and O–H groups in total. The molecule has 2 unspecified atom stereocenters. The maximum atomic E-state index is 12.6. The lowest BCUT2D eigenvalue weighted by Crippen LogP contribution is -2.43. The fourth-order valence-electron chi connectivity index (χ4n) is 4.06. The molecule has 0 aromatic heterocycles. The first kappa shape index (κ1) is 19.4. The van der Waals surface area contributed by atoms with Gasteiger partial charge in [0.25, 0.3) is 5.91 Å². The zero-order valence-electron chi connectivity index (χ0n) is 15.7. The Bertz CT molecular complexity index is 686. The van der Waals surface area contributed by atoms with E-state index in [-0.39, 0.29) is 17.9 Å². The second-order valence-electron chi connectivity index (χ2n) is 7.63. The zero-order chi connectivity index (χ0) is 19.2. The van der Waals surface area contributed by atoms with E-state index in [0.717, 1.165) is 44.2 Å². The SMILES string of the molecule is O=C(NC1CCCCCCC1C(=O)O)c1ccc(CN2CCCC2=O)cc1. The Hall–Kier alpha value is -2.37. The normalized spacial score (nSPS) is 23.6. The van der Waals surface area contributed by atoms with Crippen LogP contribution in [-0.4, -0.2) is 40.4 Å². The molecule has 1 aromatic rings. The summed E-state index contributed by atoms with van der Waals surface area (Å²) < 4.78 is 0. The van der Waals surface area contributed by atoms with Crippen LogP contribution in [0.2, 0.25) is 0 Å². The van der Waals surface area contributed by atoms with Crippen molar-refractivity contribution in [2.45, 2.75) is 64.0 Å². The third-order valence-corrected chi connectivity index (χ3v) is 5.66. The quantitative estimate of drug-likeness (QED) is 0.832. The molecule has 6 heteroatoms. The van der Waals surface area contributed by atoms with Gasteiger partial charge >= 0.3 is 5.97 Å². The molecular weight excluding hydrogens is 344 g/mol. The molecule has 2 amide bonds. The molecular formula is C21H28N2O4. The predicted molar refractivity (Wildman–Crippen MR) is 101 cm³/mol. The van der Waals surface area contributed by atoms with Gasteiger partial charge in [0.05, 0.1) is 5.92 Å². The van der Waals surface area contributed by atoms with Gasteiger partial charge < -0.3 is 15.3 Å². The molecule has 0 radical (unpaired) electrons. The fourth-order valence-corrected chi connectivity index (χ4v) is 4.06. The molecule has 1 aliphatic carbocycles. The van der Waals surface area contributed by atoms with E-state index in [1.165, 1.54) is 0 Å². The van der Waals surface area contributed by atoms with E-state index < -0.39 is 11.9 Å². The summed E-state index contributed by atoms with van der Waals surface area (Å²) in [6.07, 6.45) is 6.83. The Morgan fingerprint density at radius 1 is 1.04 bits per heavy atom.